The van der Waals surface area contributed by atoms with Crippen molar-refractivity contribution in [2.45, 2.75) is 6.54 Å². The third-order valence-corrected chi connectivity index (χ3v) is 2.39. The van der Waals surface area contributed by atoms with E-state index in [1.807, 2.05) is 29.1 Å². The Morgan fingerprint density at radius 1 is 1.22 bits per heavy atom. The van der Waals surface area contributed by atoms with Gasteiger partial charge in [-0.25, -0.2) is 0 Å². The number of benzene rings is 1. The van der Waals surface area contributed by atoms with Crippen LogP contribution in [0.5, 0.6) is 0 Å². The van der Waals surface area contributed by atoms with Crippen molar-refractivity contribution in [3.05, 3.63) is 64.5 Å². The lowest BCUT2D eigenvalue weighted by atomic mass is 10.2. The Labute approximate surface area is 115 Å². The second kappa shape index (κ2) is 6.11. The summed E-state index contributed by atoms with van der Waals surface area (Å²) in [6.45, 7) is 0.642. The minimum absolute atomic E-state index is 0. The molecule has 0 atom stereocenters. The number of nitro benzene ring substituents is 1. The first kappa shape index (κ1) is 14.1. The van der Waals surface area contributed by atoms with Crippen LogP contribution in [0.1, 0.15) is 5.56 Å². The van der Waals surface area contributed by atoms with E-state index in [1.54, 1.807) is 12.1 Å². The van der Waals surface area contributed by atoms with Crippen molar-refractivity contribution in [1.82, 2.24) is 0 Å². The number of pyridine rings is 1. The van der Waals surface area contributed by atoms with Crippen molar-refractivity contribution in [3.63, 3.8) is 0 Å². The van der Waals surface area contributed by atoms with E-state index in [0.29, 0.717) is 12.2 Å². The van der Waals surface area contributed by atoms with Crippen LogP contribution in [0.15, 0.2) is 48.8 Å². The fourth-order valence-electron chi connectivity index (χ4n) is 1.57. The number of anilines is 1. The summed E-state index contributed by atoms with van der Waals surface area (Å²) in [5, 5.41) is 10.5. The monoisotopic (exact) mass is 309 g/mol. The second-order valence-electron chi connectivity index (χ2n) is 3.73. The summed E-state index contributed by atoms with van der Waals surface area (Å²) in [7, 11) is 0. The molecule has 1 aromatic heterocycles. The van der Waals surface area contributed by atoms with Gasteiger partial charge in [-0.15, -0.1) is 0 Å². The van der Waals surface area contributed by atoms with Gasteiger partial charge in [0.15, 0.2) is 18.9 Å². The van der Waals surface area contributed by atoms with Gasteiger partial charge in [-0.05, 0) is 18.2 Å². The zero-order chi connectivity index (χ0) is 12.3. The summed E-state index contributed by atoms with van der Waals surface area (Å²) in [6.07, 6.45) is 3.72. The normalized spacial score (nSPS) is 9.56. The average Bonchev–Trinajstić information content (AvgIpc) is 2.29. The van der Waals surface area contributed by atoms with Crippen molar-refractivity contribution in [2.24, 2.45) is 0 Å². The quantitative estimate of drug-likeness (QED) is 0.427. The molecule has 0 saturated heterocycles. The molecule has 0 amide bonds. The lowest BCUT2D eigenvalue weighted by Crippen LogP contribution is -3.00. The Balaban J connectivity index is 0.00000162. The number of nitrogens with two attached hydrogens (primary N) is 1. The average molecular weight is 310 g/mol. The highest BCUT2D eigenvalue weighted by Crippen LogP contribution is 2.11. The minimum Gasteiger partial charge on any atom is -1.00 e. The number of nitrogens with zero attached hydrogens (tertiary/aromatic N) is 2. The lowest BCUT2D eigenvalue weighted by Gasteiger charge is -1.98. The summed E-state index contributed by atoms with van der Waals surface area (Å²) in [5.74, 6) is 0. The Hall–Kier alpha value is -1.95. The van der Waals surface area contributed by atoms with Crippen LogP contribution in [0, 0.1) is 10.1 Å². The zero-order valence-electron chi connectivity index (χ0n) is 9.49. The van der Waals surface area contributed by atoms with Gasteiger partial charge in [0, 0.05) is 23.8 Å². The van der Waals surface area contributed by atoms with Gasteiger partial charge in [0.2, 0.25) is 0 Å². The minimum atomic E-state index is -0.405. The van der Waals surface area contributed by atoms with Gasteiger partial charge in [-0.1, -0.05) is 0 Å². The molecule has 0 aliphatic rings. The third-order valence-electron chi connectivity index (χ3n) is 2.39. The summed E-state index contributed by atoms with van der Waals surface area (Å²) in [5.41, 5.74) is 7.45. The second-order valence-corrected chi connectivity index (χ2v) is 3.73. The van der Waals surface area contributed by atoms with E-state index in [4.69, 9.17) is 5.73 Å². The largest absolute Gasteiger partial charge is 1.00 e. The van der Waals surface area contributed by atoms with Crippen LogP contribution < -0.4 is 27.3 Å². The Morgan fingerprint density at radius 2 is 1.89 bits per heavy atom. The van der Waals surface area contributed by atoms with Gasteiger partial charge in [0.25, 0.3) is 5.69 Å². The van der Waals surface area contributed by atoms with Crippen molar-refractivity contribution < 1.29 is 26.5 Å². The third kappa shape index (κ3) is 3.53. The molecule has 0 unspecified atom stereocenters. The lowest BCUT2D eigenvalue weighted by molar-refractivity contribution is -0.687. The number of hydrogen-bond acceptors (Lipinski definition) is 3. The molecule has 0 radical (unpaired) electrons. The number of hydrogen-bond donors (Lipinski definition) is 1. The van der Waals surface area contributed by atoms with Crippen LogP contribution in [-0.4, -0.2) is 4.92 Å². The SMILES string of the molecule is Nc1ccc[n+](Cc2ccc([N+](=O)[O-])cc2)c1.[Br-]. The Kier molecular flexibility index (Phi) is 4.79. The van der Waals surface area contributed by atoms with E-state index in [9.17, 15) is 10.1 Å². The maximum atomic E-state index is 10.5. The van der Waals surface area contributed by atoms with Gasteiger partial charge < -0.3 is 22.7 Å². The highest BCUT2D eigenvalue weighted by atomic mass is 79.9. The maximum Gasteiger partial charge on any atom is 0.269 e. The molecule has 2 aromatic rings. The summed E-state index contributed by atoms with van der Waals surface area (Å²) < 4.78 is 1.93. The predicted molar refractivity (Wildman–Crippen MR) is 63.2 cm³/mol. The molecule has 0 bridgehead atoms. The van der Waals surface area contributed by atoms with Gasteiger partial charge in [-0.2, -0.15) is 4.57 Å². The zero-order valence-corrected chi connectivity index (χ0v) is 11.1. The molecule has 0 aliphatic heterocycles. The van der Waals surface area contributed by atoms with Crippen molar-refractivity contribution in [2.75, 3.05) is 5.73 Å². The summed E-state index contributed by atoms with van der Waals surface area (Å²) in [6, 6.07) is 10.2. The van der Waals surface area contributed by atoms with E-state index in [2.05, 4.69) is 0 Å². The van der Waals surface area contributed by atoms with Gasteiger partial charge in [0.05, 0.1) is 10.6 Å². The van der Waals surface area contributed by atoms with E-state index < -0.39 is 4.92 Å². The Morgan fingerprint density at radius 3 is 2.44 bits per heavy atom. The first-order valence-electron chi connectivity index (χ1n) is 5.13. The number of aromatic nitrogens is 1. The molecule has 0 aliphatic carbocycles. The molecule has 0 saturated carbocycles. The van der Waals surface area contributed by atoms with E-state index >= 15 is 0 Å². The molecule has 2 N–H and O–H groups in total. The fraction of sp³-hybridized carbons (Fsp3) is 0.0833. The number of non-ortho nitro benzene ring substituents is 1. The van der Waals surface area contributed by atoms with Gasteiger partial charge in [0.1, 0.15) is 0 Å². The first-order valence-corrected chi connectivity index (χ1v) is 5.13. The van der Waals surface area contributed by atoms with E-state index in [0.717, 1.165) is 5.56 Å². The molecule has 1 aromatic carbocycles. The highest BCUT2D eigenvalue weighted by molar-refractivity contribution is 5.33. The fourth-order valence-corrected chi connectivity index (χ4v) is 1.57. The molecule has 2 rings (SSSR count). The van der Waals surface area contributed by atoms with Crippen molar-refractivity contribution in [1.29, 1.82) is 0 Å². The smallest absolute Gasteiger partial charge is 0.269 e. The van der Waals surface area contributed by atoms with Crippen LogP contribution in [0.2, 0.25) is 0 Å². The topological polar surface area (TPSA) is 73.0 Å². The van der Waals surface area contributed by atoms with Gasteiger partial charge in [-0.3, -0.25) is 10.1 Å². The molecule has 18 heavy (non-hydrogen) atoms. The number of halogens is 1. The molecule has 1 heterocycles. The summed E-state index contributed by atoms with van der Waals surface area (Å²) >= 11 is 0. The van der Waals surface area contributed by atoms with Crippen LogP contribution >= 0.6 is 0 Å². The van der Waals surface area contributed by atoms with Crippen LogP contribution in [0.25, 0.3) is 0 Å². The van der Waals surface area contributed by atoms with Crippen molar-refractivity contribution in [3.8, 4) is 0 Å². The first-order chi connectivity index (χ1) is 8.15. The predicted octanol–water partition coefficient (Wildman–Crippen LogP) is -1.48. The van der Waals surface area contributed by atoms with Crippen LogP contribution in [0.3, 0.4) is 0 Å². The van der Waals surface area contributed by atoms with Gasteiger partial charge >= 0.3 is 0 Å². The maximum absolute atomic E-state index is 10.5. The molecule has 6 heteroatoms. The van der Waals surface area contributed by atoms with E-state index in [-0.39, 0.29) is 22.7 Å². The standard InChI is InChI=1S/C12H12N3O2.BrH/c13-11-2-1-7-14(9-11)8-10-3-5-12(6-4-10)15(16)17;/h1-7,9H,8,13H2;1H/q+1;/p-1. The number of nitro groups is 1. The number of rotatable bonds is 3. The molecular formula is C12H12BrN3O2. The number of nitrogen functional groups attached to an aromatic ring is 1. The van der Waals surface area contributed by atoms with Crippen LogP contribution in [0.4, 0.5) is 11.4 Å². The molecule has 0 fully saturated rings. The molecular weight excluding hydrogens is 298 g/mol. The molecule has 5 nitrogen and oxygen atoms in total. The molecule has 94 valence electrons. The van der Waals surface area contributed by atoms with Crippen LogP contribution in [-0.2, 0) is 6.54 Å². The molecule has 0 spiro atoms. The van der Waals surface area contributed by atoms with E-state index in [1.165, 1.54) is 12.1 Å². The Bertz CT molecular complexity index is 543. The van der Waals surface area contributed by atoms with Crippen molar-refractivity contribution >= 4 is 11.4 Å². The summed E-state index contributed by atoms with van der Waals surface area (Å²) in [4.78, 5) is 10.1. The highest BCUT2D eigenvalue weighted by Gasteiger charge is 2.07.